The van der Waals surface area contributed by atoms with Crippen molar-refractivity contribution in [1.82, 2.24) is 0 Å². The van der Waals surface area contributed by atoms with Gasteiger partial charge in [0.15, 0.2) is 0 Å². The number of rotatable bonds is 4. The molecule has 0 unspecified atom stereocenters. The topological polar surface area (TPSA) is 26.0 Å². The Labute approximate surface area is 93.7 Å². The molecule has 1 rings (SSSR count). The van der Waals surface area contributed by atoms with Gasteiger partial charge in [0.05, 0.1) is 0 Å². The first kappa shape index (κ1) is 12.3. The fourth-order valence-corrected chi connectivity index (χ4v) is 1.82. The fraction of sp³-hybridized carbons (Fsp3) is 0.571. The molecule has 0 saturated heterocycles. The van der Waals surface area contributed by atoms with Crippen LogP contribution < -0.4 is 5.73 Å². The van der Waals surface area contributed by atoms with E-state index in [0.29, 0.717) is 5.92 Å². The lowest BCUT2D eigenvalue weighted by Gasteiger charge is -2.25. The van der Waals surface area contributed by atoms with Crippen molar-refractivity contribution in [3.8, 4) is 0 Å². The number of hydrogen-bond acceptors (Lipinski definition) is 1. The predicted molar refractivity (Wildman–Crippen MR) is 67.2 cm³/mol. The second kappa shape index (κ2) is 4.80. The predicted octanol–water partition coefficient (Wildman–Crippen LogP) is 3.44. The van der Waals surface area contributed by atoms with Gasteiger partial charge in [-0.3, -0.25) is 0 Å². The quantitative estimate of drug-likeness (QED) is 0.800. The van der Waals surface area contributed by atoms with Crippen molar-refractivity contribution >= 4 is 0 Å². The number of benzene rings is 1. The molecule has 0 bridgehead atoms. The van der Waals surface area contributed by atoms with E-state index in [1.54, 1.807) is 0 Å². The summed E-state index contributed by atoms with van der Waals surface area (Å²) in [6.45, 7) is 9.70. The Bertz CT molecular complexity index is 296. The van der Waals surface area contributed by atoms with Crippen molar-refractivity contribution in [1.29, 1.82) is 0 Å². The van der Waals surface area contributed by atoms with Crippen LogP contribution >= 0.6 is 0 Å². The first-order valence-corrected chi connectivity index (χ1v) is 5.78. The van der Waals surface area contributed by atoms with Gasteiger partial charge in [0, 0.05) is 0 Å². The SMILES string of the molecule is CC(C)c1ccc(C(C)(C)CCN)cc1. The molecular formula is C14H23N. The smallest absolute Gasteiger partial charge is 0.00690 e. The Morgan fingerprint density at radius 2 is 1.67 bits per heavy atom. The molecule has 0 amide bonds. The third kappa shape index (κ3) is 3.07. The summed E-state index contributed by atoms with van der Waals surface area (Å²) in [5.41, 5.74) is 8.62. The van der Waals surface area contributed by atoms with Crippen LogP contribution in [0.1, 0.15) is 51.2 Å². The first-order valence-electron chi connectivity index (χ1n) is 5.78. The maximum absolute atomic E-state index is 5.63. The Hall–Kier alpha value is -0.820. The van der Waals surface area contributed by atoms with Crippen molar-refractivity contribution in [3.63, 3.8) is 0 Å². The van der Waals surface area contributed by atoms with Crippen molar-refractivity contribution in [2.45, 2.75) is 45.4 Å². The summed E-state index contributed by atoms with van der Waals surface area (Å²) in [6, 6.07) is 8.95. The van der Waals surface area contributed by atoms with E-state index >= 15 is 0 Å². The van der Waals surface area contributed by atoms with Crippen LogP contribution in [-0.2, 0) is 5.41 Å². The summed E-state index contributed by atoms with van der Waals surface area (Å²) >= 11 is 0. The van der Waals surface area contributed by atoms with E-state index in [1.165, 1.54) is 11.1 Å². The minimum absolute atomic E-state index is 0.199. The monoisotopic (exact) mass is 205 g/mol. The normalized spacial score (nSPS) is 12.1. The average molecular weight is 205 g/mol. The van der Waals surface area contributed by atoms with Crippen molar-refractivity contribution in [2.75, 3.05) is 6.54 Å². The van der Waals surface area contributed by atoms with Gasteiger partial charge in [0.25, 0.3) is 0 Å². The molecule has 0 aromatic heterocycles. The van der Waals surface area contributed by atoms with Gasteiger partial charge in [-0.05, 0) is 35.4 Å². The summed E-state index contributed by atoms with van der Waals surface area (Å²) in [5, 5.41) is 0. The highest BCUT2D eigenvalue weighted by molar-refractivity contribution is 5.29. The van der Waals surface area contributed by atoms with Crippen LogP contribution in [0.15, 0.2) is 24.3 Å². The first-order chi connectivity index (χ1) is 6.97. The average Bonchev–Trinajstić information content (AvgIpc) is 2.18. The van der Waals surface area contributed by atoms with Crippen LogP contribution in [-0.4, -0.2) is 6.54 Å². The lowest BCUT2D eigenvalue weighted by molar-refractivity contribution is 0.487. The van der Waals surface area contributed by atoms with Gasteiger partial charge in [-0.25, -0.2) is 0 Å². The van der Waals surface area contributed by atoms with Gasteiger partial charge in [-0.15, -0.1) is 0 Å². The molecule has 0 heterocycles. The summed E-state index contributed by atoms with van der Waals surface area (Å²) in [7, 11) is 0. The van der Waals surface area contributed by atoms with Crippen LogP contribution in [0.2, 0.25) is 0 Å². The highest BCUT2D eigenvalue weighted by atomic mass is 14.5. The number of hydrogen-bond donors (Lipinski definition) is 1. The Morgan fingerprint density at radius 3 is 2.07 bits per heavy atom. The zero-order valence-electron chi connectivity index (χ0n) is 10.4. The van der Waals surface area contributed by atoms with Gasteiger partial charge in [-0.2, -0.15) is 0 Å². The second-order valence-corrected chi connectivity index (χ2v) is 5.20. The standard InChI is InChI=1S/C14H23N/c1-11(2)12-5-7-13(8-6-12)14(3,4)9-10-15/h5-8,11H,9-10,15H2,1-4H3. The molecule has 84 valence electrons. The van der Waals surface area contributed by atoms with Crippen LogP contribution in [0, 0.1) is 0 Å². The van der Waals surface area contributed by atoms with Crippen molar-refractivity contribution in [3.05, 3.63) is 35.4 Å². The second-order valence-electron chi connectivity index (χ2n) is 5.20. The van der Waals surface area contributed by atoms with Crippen LogP contribution in [0.5, 0.6) is 0 Å². The van der Waals surface area contributed by atoms with Gasteiger partial charge >= 0.3 is 0 Å². The minimum atomic E-state index is 0.199. The molecular weight excluding hydrogens is 182 g/mol. The molecule has 1 heteroatoms. The summed E-state index contributed by atoms with van der Waals surface area (Å²) < 4.78 is 0. The lowest BCUT2D eigenvalue weighted by atomic mass is 9.81. The summed E-state index contributed by atoms with van der Waals surface area (Å²) in [4.78, 5) is 0. The summed E-state index contributed by atoms with van der Waals surface area (Å²) in [5.74, 6) is 0.608. The number of nitrogens with two attached hydrogens (primary N) is 1. The van der Waals surface area contributed by atoms with E-state index in [9.17, 15) is 0 Å². The summed E-state index contributed by atoms with van der Waals surface area (Å²) in [6.07, 6.45) is 1.04. The minimum Gasteiger partial charge on any atom is -0.330 e. The Kier molecular flexibility index (Phi) is 3.92. The van der Waals surface area contributed by atoms with Gasteiger partial charge in [0.1, 0.15) is 0 Å². The molecule has 0 aliphatic rings. The van der Waals surface area contributed by atoms with E-state index in [2.05, 4.69) is 52.0 Å². The highest BCUT2D eigenvalue weighted by Gasteiger charge is 2.19. The molecule has 1 nitrogen and oxygen atoms in total. The van der Waals surface area contributed by atoms with E-state index in [0.717, 1.165) is 13.0 Å². The van der Waals surface area contributed by atoms with Crippen LogP contribution in [0.3, 0.4) is 0 Å². The molecule has 1 aromatic rings. The van der Waals surface area contributed by atoms with Crippen molar-refractivity contribution in [2.24, 2.45) is 5.73 Å². The molecule has 0 aliphatic carbocycles. The molecule has 1 aromatic carbocycles. The lowest BCUT2D eigenvalue weighted by Crippen LogP contribution is -2.21. The molecule has 15 heavy (non-hydrogen) atoms. The van der Waals surface area contributed by atoms with E-state index < -0.39 is 0 Å². The molecule has 0 saturated carbocycles. The Morgan fingerprint density at radius 1 is 1.13 bits per heavy atom. The molecule has 0 aliphatic heterocycles. The largest absolute Gasteiger partial charge is 0.330 e. The molecule has 0 atom stereocenters. The Balaban J connectivity index is 2.88. The zero-order chi connectivity index (χ0) is 11.5. The van der Waals surface area contributed by atoms with Crippen LogP contribution in [0.25, 0.3) is 0 Å². The van der Waals surface area contributed by atoms with Crippen LogP contribution in [0.4, 0.5) is 0 Å². The molecule has 0 radical (unpaired) electrons. The van der Waals surface area contributed by atoms with Gasteiger partial charge in [-0.1, -0.05) is 52.0 Å². The van der Waals surface area contributed by atoms with E-state index in [-0.39, 0.29) is 5.41 Å². The molecule has 0 spiro atoms. The molecule has 2 N–H and O–H groups in total. The van der Waals surface area contributed by atoms with Crippen molar-refractivity contribution < 1.29 is 0 Å². The molecule has 0 fully saturated rings. The third-order valence-corrected chi connectivity index (χ3v) is 3.13. The van der Waals surface area contributed by atoms with Gasteiger partial charge in [0.2, 0.25) is 0 Å². The zero-order valence-corrected chi connectivity index (χ0v) is 10.4. The van der Waals surface area contributed by atoms with E-state index in [4.69, 9.17) is 5.73 Å². The van der Waals surface area contributed by atoms with Gasteiger partial charge < -0.3 is 5.73 Å². The van der Waals surface area contributed by atoms with E-state index in [1.807, 2.05) is 0 Å². The maximum atomic E-state index is 5.63. The highest BCUT2D eigenvalue weighted by Crippen LogP contribution is 2.27. The maximum Gasteiger partial charge on any atom is -0.00690 e. The fourth-order valence-electron chi connectivity index (χ4n) is 1.82. The third-order valence-electron chi connectivity index (χ3n) is 3.13.